The quantitative estimate of drug-likeness (QED) is 0.488. The molecular formula is C7H6BrCuLi2NSi. The van der Waals surface area contributed by atoms with Gasteiger partial charge >= 0.3 is 17.1 Å². The summed E-state index contributed by atoms with van der Waals surface area (Å²) in [5, 5.41) is 6.25. The second kappa shape index (κ2) is 13.4. The van der Waals surface area contributed by atoms with E-state index in [4.69, 9.17) is 11.8 Å². The molecule has 1 aliphatic rings. The van der Waals surface area contributed by atoms with Gasteiger partial charge in [-0.15, -0.1) is 11.0 Å². The minimum absolute atomic E-state index is 0. The molecule has 0 fully saturated rings. The van der Waals surface area contributed by atoms with E-state index >= 15 is 0 Å². The monoisotopic (exact) mass is 288 g/mol. The number of rotatable bonds is 0. The standard InChI is InChI=1S/C6H6BrSi.CN.Cu.2Li/c1-4-3-8-6(7)5(4)2;1-2;;;/h1-2H3;;;;/q2*-1;+2;;. The molecule has 0 spiro atoms. The van der Waals surface area contributed by atoms with E-state index in [9.17, 15) is 0 Å². The summed E-state index contributed by atoms with van der Waals surface area (Å²) in [6.07, 6.45) is 0. The van der Waals surface area contributed by atoms with Crippen molar-refractivity contribution in [2.45, 2.75) is 13.8 Å². The van der Waals surface area contributed by atoms with E-state index in [1.54, 1.807) is 0 Å². The Bertz CT molecular complexity index is 210. The SMILES string of the molecule is CC1=[C-][Si]C(Br)=C1C.[C-]#N.[Cu+2].[Li].[Li]. The fourth-order valence-corrected chi connectivity index (χ4v) is 1.96. The zero-order chi connectivity index (χ0) is 8.15. The van der Waals surface area contributed by atoms with Crippen LogP contribution in [0.3, 0.4) is 0 Å². The fourth-order valence-electron chi connectivity index (χ4n) is 0.501. The summed E-state index contributed by atoms with van der Waals surface area (Å²) in [5.41, 5.74) is 5.91. The second-order valence-corrected chi connectivity index (χ2v) is 4.34. The molecule has 1 aliphatic heterocycles. The van der Waals surface area contributed by atoms with Crippen LogP contribution in [0.2, 0.25) is 0 Å². The van der Waals surface area contributed by atoms with Crippen LogP contribution in [0.4, 0.5) is 0 Å². The average Bonchev–Trinajstić information content (AvgIpc) is 2.25. The summed E-state index contributed by atoms with van der Waals surface area (Å²) >= 11 is 3.45. The Morgan fingerprint density at radius 3 is 1.77 bits per heavy atom. The molecule has 0 aromatic carbocycles. The summed E-state index contributed by atoms with van der Waals surface area (Å²) < 4.78 is 1.31. The second-order valence-electron chi connectivity index (χ2n) is 1.81. The maximum Gasteiger partial charge on any atom is 2.00 e. The first-order chi connectivity index (χ1) is 4.72. The third-order valence-corrected chi connectivity index (χ3v) is 3.54. The largest absolute Gasteiger partial charge is 2.00 e. The van der Waals surface area contributed by atoms with Gasteiger partial charge in [0.15, 0.2) is 0 Å². The van der Waals surface area contributed by atoms with Crippen LogP contribution in [0.5, 0.6) is 0 Å². The molecule has 0 N–H and O–H groups in total. The molecule has 0 aliphatic carbocycles. The maximum atomic E-state index is 6.25. The first kappa shape index (κ1) is 23.9. The van der Waals surface area contributed by atoms with Crippen molar-refractivity contribution in [2.75, 3.05) is 0 Å². The van der Waals surface area contributed by atoms with E-state index in [1.807, 2.05) is 0 Å². The molecule has 0 bridgehead atoms. The predicted octanol–water partition coefficient (Wildman–Crippen LogP) is 1.37. The fraction of sp³-hybridized carbons (Fsp3) is 0.286. The van der Waals surface area contributed by atoms with Crippen LogP contribution in [-0.4, -0.2) is 47.2 Å². The average molecular weight is 290 g/mol. The van der Waals surface area contributed by atoms with Crippen LogP contribution in [0.25, 0.3) is 0 Å². The van der Waals surface area contributed by atoms with Crippen LogP contribution >= 0.6 is 15.9 Å². The normalized spacial score (nSPS) is 12.2. The smallest absolute Gasteiger partial charge is 0.512 e. The Balaban J connectivity index is -0.0000000761. The summed E-state index contributed by atoms with van der Waals surface area (Å²) in [5.74, 6) is 0. The van der Waals surface area contributed by atoms with Crippen LogP contribution < -0.4 is 0 Å². The van der Waals surface area contributed by atoms with E-state index in [1.165, 1.54) is 15.3 Å². The van der Waals surface area contributed by atoms with Crippen molar-refractivity contribution in [3.8, 4) is 0 Å². The number of allylic oxidation sites excluding steroid dienone is 2. The Labute approximate surface area is 126 Å². The van der Waals surface area contributed by atoms with Gasteiger partial charge in [-0.25, -0.2) is 5.57 Å². The van der Waals surface area contributed by atoms with Crippen molar-refractivity contribution >= 4 is 63.2 Å². The first-order valence-electron chi connectivity index (χ1n) is 2.66. The zero-order valence-corrected chi connectivity index (χ0v) is 11.7. The molecule has 0 aromatic rings. The minimum Gasteiger partial charge on any atom is -0.512 e. The van der Waals surface area contributed by atoms with Gasteiger partial charge in [0.25, 0.3) is 0 Å². The molecule has 0 unspecified atom stereocenters. The van der Waals surface area contributed by atoms with Crippen molar-refractivity contribution in [1.82, 2.24) is 0 Å². The van der Waals surface area contributed by atoms with Gasteiger partial charge in [0.05, 0.1) is 0 Å². The molecule has 13 heavy (non-hydrogen) atoms. The van der Waals surface area contributed by atoms with E-state index < -0.39 is 0 Å². The van der Waals surface area contributed by atoms with Crippen LogP contribution in [-0.2, 0) is 17.1 Å². The van der Waals surface area contributed by atoms with Gasteiger partial charge in [-0.2, -0.15) is 5.57 Å². The van der Waals surface area contributed by atoms with Gasteiger partial charge in [-0.3, -0.25) is 5.70 Å². The van der Waals surface area contributed by atoms with Gasteiger partial charge in [-0.05, 0) is 9.52 Å². The first-order valence-corrected chi connectivity index (χ1v) is 4.46. The molecule has 0 amide bonds. The molecule has 0 aromatic heterocycles. The van der Waals surface area contributed by atoms with Crippen molar-refractivity contribution < 1.29 is 17.1 Å². The van der Waals surface area contributed by atoms with Gasteiger partial charge in [0.2, 0.25) is 0 Å². The summed E-state index contributed by atoms with van der Waals surface area (Å²) in [6.45, 7) is 8.96. The van der Waals surface area contributed by atoms with Gasteiger partial charge in [-0.1, -0.05) is 22.9 Å². The molecule has 1 nitrogen and oxygen atoms in total. The molecule has 0 saturated carbocycles. The van der Waals surface area contributed by atoms with Gasteiger partial charge < -0.3 is 11.8 Å². The number of hydrogen-bond donors (Lipinski definition) is 0. The van der Waals surface area contributed by atoms with Crippen LogP contribution in [0.15, 0.2) is 15.3 Å². The van der Waals surface area contributed by atoms with Gasteiger partial charge in [0, 0.05) is 37.7 Å². The van der Waals surface area contributed by atoms with Crippen molar-refractivity contribution in [3.05, 3.63) is 27.5 Å². The number of nitrogens with zero attached hydrogens (tertiary/aromatic N) is 1. The van der Waals surface area contributed by atoms with E-state index in [2.05, 4.69) is 35.5 Å². The topological polar surface area (TPSA) is 23.8 Å². The van der Waals surface area contributed by atoms with Crippen LogP contribution in [0.1, 0.15) is 13.8 Å². The van der Waals surface area contributed by atoms with Crippen molar-refractivity contribution in [2.24, 2.45) is 0 Å². The Morgan fingerprint density at radius 1 is 1.31 bits per heavy atom. The van der Waals surface area contributed by atoms with E-state index in [0.717, 1.165) is 9.52 Å². The van der Waals surface area contributed by atoms with Gasteiger partial charge in [0.1, 0.15) is 0 Å². The number of halogens is 1. The molecule has 6 heteroatoms. The zero-order valence-electron chi connectivity index (χ0n) is 8.13. The molecule has 1 heterocycles. The molecule has 5 radical (unpaired) electrons. The Kier molecular flexibility index (Phi) is 24.6. The maximum absolute atomic E-state index is 6.25. The van der Waals surface area contributed by atoms with Crippen LogP contribution in [0, 0.1) is 17.5 Å². The Morgan fingerprint density at radius 2 is 1.69 bits per heavy atom. The summed E-state index contributed by atoms with van der Waals surface area (Å²) in [6, 6.07) is 0. The third-order valence-electron chi connectivity index (χ3n) is 1.25. The molecular weight excluding hydrogens is 284 g/mol. The predicted molar refractivity (Wildman–Crippen MR) is 56.3 cm³/mol. The number of hydrogen-bond acceptors (Lipinski definition) is 1. The van der Waals surface area contributed by atoms with Crippen molar-refractivity contribution in [1.29, 1.82) is 5.26 Å². The minimum atomic E-state index is 0. The van der Waals surface area contributed by atoms with E-state index in [0.29, 0.717) is 0 Å². The molecule has 0 saturated heterocycles. The third kappa shape index (κ3) is 8.38. The molecule has 1 rings (SSSR count). The summed E-state index contributed by atoms with van der Waals surface area (Å²) in [4.78, 5) is 0. The summed E-state index contributed by atoms with van der Waals surface area (Å²) in [7, 11) is 0.752. The molecule has 63 valence electrons. The van der Waals surface area contributed by atoms with E-state index in [-0.39, 0.29) is 54.8 Å². The Hall–Kier alpha value is 1.38. The van der Waals surface area contributed by atoms with Crippen molar-refractivity contribution in [3.63, 3.8) is 0 Å². The molecule has 0 atom stereocenters.